The second-order valence-corrected chi connectivity index (χ2v) is 10.4. The van der Waals surface area contributed by atoms with Crippen LogP contribution in [0.15, 0.2) is 53.3 Å². The first kappa shape index (κ1) is 24.1. The molecule has 1 saturated heterocycles. The van der Waals surface area contributed by atoms with Crippen LogP contribution in [0.25, 0.3) is 10.9 Å². The highest BCUT2D eigenvalue weighted by Crippen LogP contribution is 2.31. The number of piperazine rings is 1. The van der Waals surface area contributed by atoms with E-state index in [1.54, 1.807) is 0 Å². The Morgan fingerprint density at radius 1 is 1.03 bits per heavy atom. The number of pyridine rings is 1. The zero-order chi connectivity index (χ0) is 25.4. The highest BCUT2D eigenvalue weighted by molar-refractivity contribution is 5.80. The number of benzene rings is 2. The van der Waals surface area contributed by atoms with Gasteiger partial charge in [0.15, 0.2) is 5.82 Å². The van der Waals surface area contributed by atoms with E-state index >= 15 is 0 Å². The Bertz CT molecular complexity index is 1410. The van der Waals surface area contributed by atoms with Crippen LogP contribution in [0.4, 0.5) is 10.1 Å². The Kier molecular flexibility index (Phi) is 6.34. The molecule has 188 valence electrons. The maximum atomic E-state index is 13.4. The molecule has 0 aliphatic carbocycles. The average Bonchev–Trinajstić information content (AvgIpc) is 3.35. The van der Waals surface area contributed by atoms with E-state index in [0.29, 0.717) is 24.5 Å². The van der Waals surface area contributed by atoms with Gasteiger partial charge < -0.3 is 9.88 Å². The molecule has 0 radical (unpaired) electrons. The van der Waals surface area contributed by atoms with E-state index in [9.17, 15) is 9.18 Å². The summed E-state index contributed by atoms with van der Waals surface area (Å²) in [5.41, 5.74) is 3.15. The van der Waals surface area contributed by atoms with Gasteiger partial charge in [-0.25, -0.2) is 9.07 Å². The predicted octanol–water partition coefficient (Wildman–Crippen LogP) is 3.88. The number of fused-ring (bicyclic) bond motifs is 1. The summed E-state index contributed by atoms with van der Waals surface area (Å²) in [6.45, 7) is 11.2. The lowest BCUT2D eigenvalue weighted by atomic mass is 10.00. The molecule has 5 rings (SSSR count). The van der Waals surface area contributed by atoms with Crippen LogP contribution in [0.5, 0.6) is 0 Å². The van der Waals surface area contributed by atoms with Crippen molar-refractivity contribution < 1.29 is 4.39 Å². The number of anilines is 1. The number of aromatic amines is 1. The van der Waals surface area contributed by atoms with Crippen LogP contribution >= 0.6 is 0 Å². The van der Waals surface area contributed by atoms with Gasteiger partial charge in [-0.2, -0.15) is 0 Å². The Hall–Kier alpha value is -3.59. The Morgan fingerprint density at radius 3 is 2.42 bits per heavy atom. The van der Waals surface area contributed by atoms with Crippen molar-refractivity contribution >= 4 is 16.6 Å². The van der Waals surface area contributed by atoms with Gasteiger partial charge in [0.2, 0.25) is 0 Å². The van der Waals surface area contributed by atoms with Gasteiger partial charge in [0, 0.05) is 42.9 Å². The van der Waals surface area contributed by atoms with Crippen molar-refractivity contribution in [2.24, 2.45) is 0 Å². The number of halogens is 1. The predicted molar refractivity (Wildman–Crippen MR) is 139 cm³/mol. The number of nitrogens with one attached hydrogen (secondary N) is 1. The number of aromatic nitrogens is 5. The molecule has 0 spiro atoms. The number of tetrazole rings is 1. The van der Waals surface area contributed by atoms with E-state index in [1.807, 2.05) is 35.0 Å². The van der Waals surface area contributed by atoms with Crippen LogP contribution in [0.1, 0.15) is 50.7 Å². The molecule has 1 aliphatic heterocycles. The summed E-state index contributed by atoms with van der Waals surface area (Å²) in [7, 11) is 0. The standard InChI is InChI=1S/C27H32FN7O/c1-5-18-6-11-23-19(16-18)17-22(26(36)29-23)24(25-30-31-32-35(25)27(2,3)4)34-14-12-33(13-15-34)21-9-7-20(28)8-10-21/h6-11,16-17,24H,5,12-15H2,1-4H3,(H,29,36)/t24-/m1/s1. The smallest absolute Gasteiger partial charge is 0.253 e. The van der Waals surface area contributed by atoms with Crippen molar-refractivity contribution in [2.75, 3.05) is 31.1 Å². The highest BCUT2D eigenvalue weighted by Gasteiger charge is 2.35. The van der Waals surface area contributed by atoms with Crippen molar-refractivity contribution in [3.8, 4) is 0 Å². The summed E-state index contributed by atoms with van der Waals surface area (Å²) in [5.74, 6) is 0.405. The molecule has 0 bridgehead atoms. The zero-order valence-corrected chi connectivity index (χ0v) is 21.2. The van der Waals surface area contributed by atoms with Gasteiger partial charge in [-0.3, -0.25) is 9.69 Å². The fraction of sp³-hybridized carbons (Fsp3) is 0.407. The average molecular weight is 490 g/mol. The fourth-order valence-corrected chi connectivity index (χ4v) is 4.93. The van der Waals surface area contributed by atoms with E-state index in [2.05, 4.69) is 64.1 Å². The molecule has 36 heavy (non-hydrogen) atoms. The van der Waals surface area contributed by atoms with E-state index in [4.69, 9.17) is 0 Å². The van der Waals surface area contributed by atoms with Crippen LogP contribution in [-0.2, 0) is 12.0 Å². The highest BCUT2D eigenvalue weighted by atomic mass is 19.1. The minimum atomic E-state index is -0.409. The first-order chi connectivity index (χ1) is 17.2. The number of aryl methyl sites for hydroxylation is 1. The van der Waals surface area contributed by atoms with Gasteiger partial charge >= 0.3 is 0 Å². The third-order valence-corrected chi connectivity index (χ3v) is 6.88. The van der Waals surface area contributed by atoms with Gasteiger partial charge in [-0.15, -0.1) is 5.10 Å². The van der Waals surface area contributed by atoms with E-state index in [1.165, 1.54) is 17.7 Å². The second kappa shape index (κ2) is 9.46. The second-order valence-electron chi connectivity index (χ2n) is 10.4. The molecule has 2 aromatic carbocycles. The van der Waals surface area contributed by atoms with Crippen LogP contribution in [-0.4, -0.2) is 56.3 Å². The first-order valence-electron chi connectivity index (χ1n) is 12.4. The zero-order valence-electron chi connectivity index (χ0n) is 21.2. The summed E-state index contributed by atoms with van der Waals surface area (Å²) in [6, 6.07) is 14.3. The molecule has 1 atom stereocenters. The largest absolute Gasteiger partial charge is 0.369 e. The van der Waals surface area contributed by atoms with E-state index in [0.717, 1.165) is 36.1 Å². The van der Waals surface area contributed by atoms with Gasteiger partial charge in [0.1, 0.15) is 11.9 Å². The maximum Gasteiger partial charge on any atom is 0.253 e. The van der Waals surface area contributed by atoms with Gasteiger partial charge in [-0.05, 0) is 91.0 Å². The van der Waals surface area contributed by atoms with Crippen LogP contribution < -0.4 is 10.5 Å². The molecule has 9 heteroatoms. The Labute approximate surface area is 209 Å². The lowest BCUT2D eigenvalue weighted by molar-refractivity contribution is 0.190. The number of rotatable bonds is 5. The molecular formula is C27H32FN7O. The summed E-state index contributed by atoms with van der Waals surface area (Å²) in [5, 5.41) is 13.7. The van der Waals surface area contributed by atoms with E-state index in [-0.39, 0.29) is 16.9 Å². The molecule has 1 N–H and O–H groups in total. The normalized spacial score (nSPS) is 16.0. The summed E-state index contributed by atoms with van der Waals surface area (Å²) < 4.78 is 15.2. The molecule has 8 nitrogen and oxygen atoms in total. The molecule has 1 aliphatic rings. The molecule has 0 amide bonds. The third-order valence-electron chi connectivity index (χ3n) is 6.88. The first-order valence-corrected chi connectivity index (χ1v) is 12.4. The minimum Gasteiger partial charge on any atom is -0.369 e. The summed E-state index contributed by atoms with van der Waals surface area (Å²) >= 11 is 0. The molecule has 2 aromatic heterocycles. The SMILES string of the molecule is CCc1ccc2[nH]c(=O)c([C@H](c3nnnn3C(C)(C)C)N3CCN(c4ccc(F)cc4)CC3)cc2c1. The van der Waals surface area contributed by atoms with Crippen molar-refractivity contribution in [1.82, 2.24) is 30.1 Å². The molecule has 4 aromatic rings. The van der Waals surface area contributed by atoms with Gasteiger partial charge in [-0.1, -0.05) is 13.0 Å². The number of nitrogens with zero attached hydrogens (tertiary/aromatic N) is 6. The summed E-state index contributed by atoms with van der Waals surface area (Å²) in [4.78, 5) is 21.0. The quantitative estimate of drug-likeness (QED) is 0.458. The molecule has 0 saturated carbocycles. The lowest BCUT2D eigenvalue weighted by Gasteiger charge is -2.40. The maximum absolute atomic E-state index is 13.4. The summed E-state index contributed by atoms with van der Waals surface area (Å²) in [6.07, 6.45) is 0.918. The Morgan fingerprint density at radius 2 is 1.75 bits per heavy atom. The van der Waals surface area contributed by atoms with Gasteiger partial charge in [0.25, 0.3) is 5.56 Å². The van der Waals surface area contributed by atoms with Crippen LogP contribution in [0.2, 0.25) is 0 Å². The number of hydrogen-bond donors (Lipinski definition) is 1. The fourth-order valence-electron chi connectivity index (χ4n) is 4.93. The lowest BCUT2D eigenvalue weighted by Crippen LogP contribution is -2.49. The molecular weight excluding hydrogens is 457 g/mol. The molecule has 0 unspecified atom stereocenters. The molecule has 1 fully saturated rings. The monoisotopic (exact) mass is 489 g/mol. The van der Waals surface area contributed by atoms with Crippen molar-refractivity contribution in [1.29, 1.82) is 0 Å². The third kappa shape index (κ3) is 4.63. The number of hydrogen-bond acceptors (Lipinski definition) is 6. The van der Waals surface area contributed by atoms with E-state index < -0.39 is 6.04 Å². The van der Waals surface area contributed by atoms with Crippen molar-refractivity contribution in [3.05, 3.63) is 81.7 Å². The topological polar surface area (TPSA) is 82.9 Å². The van der Waals surface area contributed by atoms with Crippen molar-refractivity contribution in [3.63, 3.8) is 0 Å². The van der Waals surface area contributed by atoms with Crippen LogP contribution in [0.3, 0.4) is 0 Å². The minimum absolute atomic E-state index is 0.138. The van der Waals surface area contributed by atoms with Crippen molar-refractivity contribution in [2.45, 2.75) is 45.7 Å². The Balaban J connectivity index is 1.56. The van der Waals surface area contributed by atoms with Crippen LogP contribution in [0, 0.1) is 5.82 Å². The molecule has 3 heterocycles. The van der Waals surface area contributed by atoms with Gasteiger partial charge in [0.05, 0.1) is 5.54 Å². The number of H-pyrrole nitrogens is 1.